The van der Waals surface area contributed by atoms with Crippen LogP contribution in [0, 0.1) is 0 Å². The zero-order valence-electron chi connectivity index (χ0n) is 23.5. The highest BCUT2D eigenvalue weighted by Crippen LogP contribution is 2.47. The summed E-state index contributed by atoms with van der Waals surface area (Å²) < 4.78 is 40.6. The van der Waals surface area contributed by atoms with E-state index in [1.165, 1.54) is 43.5 Å². The van der Waals surface area contributed by atoms with Crippen LogP contribution in [-0.4, -0.2) is 50.4 Å². The van der Waals surface area contributed by atoms with Gasteiger partial charge in [-0.25, -0.2) is 13.2 Å². The number of carboxylic acids is 1. The van der Waals surface area contributed by atoms with Crippen LogP contribution in [0.15, 0.2) is 95.9 Å². The third-order valence-corrected chi connectivity index (χ3v) is 8.40. The van der Waals surface area contributed by atoms with Crippen LogP contribution < -0.4 is 25.2 Å². The number of hydrogen-bond acceptors (Lipinski definition) is 8. The fourth-order valence-electron chi connectivity index (χ4n) is 4.81. The molecular weight excluding hydrogens is 586 g/mol. The molecule has 5 aromatic rings. The molecule has 0 saturated heterocycles. The first-order chi connectivity index (χ1) is 21.1. The SMILES string of the molecule is COc1ccc(S(=O)(=O)Nc2cc(-c3c(O)ccc4ccccc34)c(OC(=O)NCCC(N)C(=O)O)c3ccccc23)cc1. The monoisotopic (exact) mass is 615 g/mol. The molecule has 1 atom stereocenters. The number of rotatable bonds is 10. The number of carboxylic acid groups (broad SMARTS) is 1. The van der Waals surface area contributed by atoms with Gasteiger partial charge in [0.1, 0.15) is 23.3 Å². The average molecular weight is 616 g/mol. The first-order valence-corrected chi connectivity index (χ1v) is 14.9. The van der Waals surface area contributed by atoms with Crippen LogP contribution in [0.25, 0.3) is 32.7 Å². The maximum absolute atomic E-state index is 13.5. The number of aliphatic carboxylic acids is 1. The van der Waals surface area contributed by atoms with Gasteiger partial charge in [0.05, 0.1) is 17.7 Å². The molecule has 0 aliphatic carbocycles. The second kappa shape index (κ2) is 12.5. The number of phenols is 1. The minimum Gasteiger partial charge on any atom is -0.507 e. The maximum Gasteiger partial charge on any atom is 0.412 e. The summed E-state index contributed by atoms with van der Waals surface area (Å²) in [5.41, 5.74) is 6.27. The molecule has 11 nitrogen and oxygen atoms in total. The van der Waals surface area contributed by atoms with Gasteiger partial charge in [-0.2, -0.15) is 0 Å². The summed E-state index contributed by atoms with van der Waals surface area (Å²) in [6, 6.07) is 23.5. The Balaban J connectivity index is 1.66. The largest absolute Gasteiger partial charge is 0.507 e. The molecule has 226 valence electrons. The van der Waals surface area contributed by atoms with Crippen LogP contribution in [0.5, 0.6) is 17.2 Å². The van der Waals surface area contributed by atoms with Crippen molar-refractivity contribution in [1.82, 2.24) is 5.32 Å². The summed E-state index contributed by atoms with van der Waals surface area (Å²) >= 11 is 0. The van der Waals surface area contributed by atoms with E-state index in [4.69, 9.17) is 20.3 Å². The van der Waals surface area contributed by atoms with Crippen LogP contribution in [0.4, 0.5) is 10.5 Å². The topological polar surface area (TPSA) is 177 Å². The Morgan fingerprint density at radius 1 is 0.909 bits per heavy atom. The summed E-state index contributed by atoms with van der Waals surface area (Å²) in [4.78, 5) is 24.0. The third kappa shape index (κ3) is 6.21. The first-order valence-electron chi connectivity index (χ1n) is 13.5. The Hall–Kier alpha value is -5.33. The minimum absolute atomic E-state index is 0.00351. The fourth-order valence-corrected chi connectivity index (χ4v) is 5.88. The summed E-state index contributed by atoms with van der Waals surface area (Å²) in [5, 5.41) is 24.9. The summed E-state index contributed by atoms with van der Waals surface area (Å²) in [7, 11) is -2.61. The molecule has 12 heteroatoms. The number of carbonyl (C=O) groups excluding carboxylic acids is 1. The van der Waals surface area contributed by atoms with Gasteiger partial charge in [0.25, 0.3) is 10.0 Å². The van der Waals surface area contributed by atoms with Crippen molar-refractivity contribution in [2.24, 2.45) is 5.73 Å². The molecule has 1 amide bonds. The number of ether oxygens (including phenoxy) is 2. The van der Waals surface area contributed by atoms with E-state index in [1.54, 1.807) is 42.5 Å². The first kappa shape index (κ1) is 30.1. The van der Waals surface area contributed by atoms with E-state index in [2.05, 4.69) is 10.0 Å². The lowest BCUT2D eigenvalue weighted by molar-refractivity contribution is -0.138. The molecule has 5 aromatic carbocycles. The highest BCUT2D eigenvalue weighted by Gasteiger charge is 2.24. The Morgan fingerprint density at radius 3 is 2.25 bits per heavy atom. The number of nitrogens with two attached hydrogens (primary N) is 1. The summed E-state index contributed by atoms with van der Waals surface area (Å²) in [5.74, 6) is -0.777. The van der Waals surface area contributed by atoms with E-state index in [0.29, 0.717) is 27.5 Å². The molecule has 0 fully saturated rings. The van der Waals surface area contributed by atoms with Gasteiger partial charge >= 0.3 is 12.1 Å². The number of nitrogens with one attached hydrogen (secondary N) is 2. The smallest absolute Gasteiger partial charge is 0.412 e. The highest BCUT2D eigenvalue weighted by molar-refractivity contribution is 7.92. The molecule has 6 N–H and O–H groups in total. The van der Waals surface area contributed by atoms with Gasteiger partial charge in [-0.05, 0) is 53.6 Å². The van der Waals surface area contributed by atoms with E-state index < -0.39 is 28.1 Å². The molecule has 0 heterocycles. The van der Waals surface area contributed by atoms with Crippen LogP contribution in [0.2, 0.25) is 0 Å². The Labute approximate surface area is 252 Å². The quantitative estimate of drug-likeness (QED) is 0.144. The van der Waals surface area contributed by atoms with Crippen molar-refractivity contribution in [2.45, 2.75) is 17.4 Å². The second-order valence-electron chi connectivity index (χ2n) is 9.86. The van der Waals surface area contributed by atoms with E-state index >= 15 is 0 Å². The molecule has 0 aliphatic heterocycles. The van der Waals surface area contributed by atoms with E-state index in [-0.39, 0.29) is 40.6 Å². The van der Waals surface area contributed by atoms with Crippen molar-refractivity contribution >= 4 is 49.3 Å². The number of anilines is 1. The van der Waals surface area contributed by atoms with Crippen molar-refractivity contribution in [3.8, 4) is 28.4 Å². The predicted molar refractivity (Wildman–Crippen MR) is 167 cm³/mol. The van der Waals surface area contributed by atoms with E-state index in [1.807, 2.05) is 12.1 Å². The zero-order chi connectivity index (χ0) is 31.4. The molecule has 5 rings (SSSR count). The van der Waals surface area contributed by atoms with Crippen molar-refractivity contribution in [1.29, 1.82) is 0 Å². The standard InChI is InChI=1S/C32H29N3O8S/c1-42-20-11-13-21(14-12-20)44(40,41)35-27-18-25(29-22-7-3-2-6-19(22)10-15-28(29)36)30(24-9-5-4-8-23(24)27)43-32(39)34-17-16-26(33)31(37)38/h2-15,18,26,35-36H,16-17,33H2,1H3,(H,34,39)(H,37,38). The van der Waals surface area contributed by atoms with Crippen molar-refractivity contribution in [2.75, 3.05) is 18.4 Å². The fraction of sp³-hybridized carbons (Fsp3) is 0.125. The van der Waals surface area contributed by atoms with Gasteiger partial charge in [-0.15, -0.1) is 0 Å². The van der Waals surface area contributed by atoms with Crippen LogP contribution in [0.3, 0.4) is 0 Å². The number of hydrogen-bond donors (Lipinski definition) is 5. The highest BCUT2D eigenvalue weighted by atomic mass is 32.2. The van der Waals surface area contributed by atoms with Crippen molar-refractivity contribution in [3.05, 3.63) is 91.0 Å². The van der Waals surface area contributed by atoms with Gasteiger partial charge in [0, 0.05) is 28.4 Å². The molecule has 1 unspecified atom stereocenters. The number of amides is 1. The number of aromatic hydroxyl groups is 1. The van der Waals surface area contributed by atoms with Gasteiger partial charge in [-0.1, -0.05) is 54.6 Å². The van der Waals surface area contributed by atoms with Gasteiger partial charge in [0.15, 0.2) is 0 Å². The normalized spacial score (nSPS) is 12.0. The minimum atomic E-state index is -4.09. The molecule has 0 aliphatic rings. The van der Waals surface area contributed by atoms with Crippen LogP contribution in [-0.2, 0) is 14.8 Å². The predicted octanol–water partition coefficient (Wildman–Crippen LogP) is 5.07. The Kier molecular flexibility index (Phi) is 8.56. The lowest BCUT2D eigenvalue weighted by atomic mass is 9.93. The summed E-state index contributed by atoms with van der Waals surface area (Å²) in [6.45, 7) is -0.0706. The lowest BCUT2D eigenvalue weighted by Gasteiger charge is -2.20. The number of phenolic OH excluding ortho intramolecular Hbond substituents is 1. The maximum atomic E-state index is 13.5. The number of methoxy groups -OCH3 is 1. The lowest BCUT2D eigenvalue weighted by Crippen LogP contribution is -2.36. The van der Waals surface area contributed by atoms with E-state index in [9.17, 15) is 23.1 Å². The van der Waals surface area contributed by atoms with E-state index in [0.717, 1.165) is 5.39 Å². The molecule has 0 saturated carbocycles. The van der Waals surface area contributed by atoms with Gasteiger partial charge < -0.3 is 30.7 Å². The molecule has 0 spiro atoms. The molecule has 0 radical (unpaired) electrons. The number of benzene rings is 5. The Bertz CT molecular complexity index is 1980. The molecule has 44 heavy (non-hydrogen) atoms. The van der Waals surface area contributed by atoms with Crippen LogP contribution in [0.1, 0.15) is 6.42 Å². The van der Waals surface area contributed by atoms with Gasteiger partial charge in [-0.3, -0.25) is 9.52 Å². The number of carbonyl (C=O) groups is 2. The molecular formula is C32H29N3O8S. The zero-order valence-corrected chi connectivity index (χ0v) is 24.3. The van der Waals surface area contributed by atoms with Crippen LogP contribution >= 0.6 is 0 Å². The van der Waals surface area contributed by atoms with Gasteiger partial charge in [0.2, 0.25) is 0 Å². The molecule has 0 bridgehead atoms. The number of fused-ring (bicyclic) bond motifs is 2. The Morgan fingerprint density at radius 2 is 1.57 bits per heavy atom. The van der Waals surface area contributed by atoms with Crippen molar-refractivity contribution < 1.29 is 37.7 Å². The number of sulfonamides is 1. The average Bonchev–Trinajstić information content (AvgIpc) is 3.02. The third-order valence-electron chi connectivity index (χ3n) is 7.02. The van der Waals surface area contributed by atoms with Crippen molar-refractivity contribution in [3.63, 3.8) is 0 Å². The molecule has 0 aromatic heterocycles. The second-order valence-corrected chi connectivity index (χ2v) is 11.5. The summed E-state index contributed by atoms with van der Waals surface area (Å²) in [6.07, 6.45) is -0.922.